The van der Waals surface area contributed by atoms with Crippen molar-refractivity contribution in [1.82, 2.24) is 5.32 Å². The van der Waals surface area contributed by atoms with Gasteiger partial charge in [0.2, 0.25) is 0 Å². The van der Waals surface area contributed by atoms with Gasteiger partial charge in [-0.25, -0.2) is 0 Å². The molecule has 0 spiro atoms. The van der Waals surface area contributed by atoms with Crippen molar-refractivity contribution < 1.29 is 9.53 Å². The molecule has 1 N–H and O–H groups in total. The predicted octanol–water partition coefficient (Wildman–Crippen LogP) is 4.41. The van der Waals surface area contributed by atoms with Crippen LogP contribution in [-0.2, 0) is 11.4 Å². The zero-order valence-corrected chi connectivity index (χ0v) is 14.3. The normalized spacial score (nSPS) is 15.8. The first kappa shape index (κ1) is 16.1. The molecule has 1 aliphatic rings. The van der Waals surface area contributed by atoms with Gasteiger partial charge in [-0.3, -0.25) is 4.79 Å². The van der Waals surface area contributed by atoms with Gasteiger partial charge < -0.3 is 10.1 Å². The van der Waals surface area contributed by atoms with Gasteiger partial charge in [-0.2, -0.15) is 0 Å². The number of rotatable bonds is 4. The Labute approximate surface area is 148 Å². The van der Waals surface area contributed by atoms with Gasteiger partial charge in [0.15, 0.2) is 0 Å². The molecule has 23 heavy (non-hydrogen) atoms. The van der Waals surface area contributed by atoms with Crippen LogP contribution in [0.1, 0.15) is 11.1 Å². The zero-order chi connectivity index (χ0) is 16.2. The minimum absolute atomic E-state index is 0.154. The molecule has 1 heterocycles. The van der Waals surface area contributed by atoms with E-state index in [1.807, 2.05) is 48.5 Å². The fraction of sp³-hybridized carbons (Fsp3) is 0.0588. The van der Waals surface area contributed by atoms with E-state index in [-0.39, 0.29) is 5.91 Å². The van der Waals surface area contributed by atoms with E-state index in [0.717, 1.165) is 16.9 Å². The molecule has 0 saturated carbocycles. The molecule has 0 aliphatic carbocycles. The van der Waals surface area contributed by atoms with E-state index in [1.165, 1.54) is 11.8 Å². The third kappa shape index (κ3) is 4.13. The molecule has 1 saturated heterocycles. The van der Waals surface area contributed by atoms with E-state index in [2.05, 4.69) is 5.32 Å². The highest BCUT2D eigenvalue weighted by molar-refractivity contribution is 8.26. The Bertz CT molecular complexity index is 787. The maximum absolute atomic E-state index is 11.6. The van der Waals surface area contributed by atoms with Gasteiger partial charge >= 0.3 is 0 Å². The Morgan fingerprint density at radius 2 is 1.91 bits per heavy atom. The van der Waals surface area contributed by atoms with E-state index in [9.17, 15) is 4.79 Å². The molecule has 0 radical (unpaired) electrons. The van der Waals surface area contributed by atoms with Crippen molar-refractivity contribution in [2.24, 2.45) is 0 Å². The molecule has 1 amide bonds. The Morgan fingerprint density at radius 3 is 2.57 bits per heavy atom. The minimum atomic E-state index is -0.154. The summed E-state index contributed by atoms with van der Waals surface area (Å²) in [4.78, 5) is 12.2. The molecule has 3 nitrogen and oxygen atoms in total. The number of thioether (sulfide) groups is 1. The molecule has 116 valence electrons. The molecule has 2 aromatic rings. The highest BCUT2D eigenvalue weighted by atomic mass is 35.5. The van der Waals surface area contributed by atoms with Crippen molar-refractivity contribution in [3.63, 3.8) is 0 Å². The number of benzene rings is 2. The van der Waals surface area contributed by atoms with Crippen molar-refractivity contribution in [3.8, 4) is 5.75 Å². The molecular formula is C17H12ClNO2S2. The Morgan fingerprint density at radius 1 is 1.17 bits per heavy atom. The van der Waals surface area contributed by atoms with Gasteiger partial charge in [-0.15, -0.1) is 0 Å². The summed E-state index contributed by atoms with van der Waals surface area (Å²) in [6, 6.07) is 15.1. The first-order valence-corrected chi connectivity index (χ1v) is 8.43. The van der Waals surface area contributed by atoms with Crippen LogP contribution in [0.25, 0.3) is 6.08 Å². The van der Waals surface area contributed by atoms with Crippen LogP contribution in [0.3, 0.4) is 0 Å². The lowest BCUT2D eigenvalue weighted by Gasteiger charge is -2.08. The van der Waals surface area contributed by atoms with Crippen LogP contribution in [0.15, 0.2) is 53.4 Å². The first-order valence-electron chi connectivity index (χ1n) is 6.83. The average Bonchev–Trinajstić information content (AvgIpc) is 2.85. The summed E-state index contributed by atoms with van der Waals surface area (Å²) in [5.74, 6) is 0.588. The highest BCUT2D eigenvalue weighted by Crippen LogP contribution is 2.26. The minimum Gasteiger partial charge on any atom is -0.489 e. The van der Waals surface area contributed by atoms with Gasteiger partial charge in [-0.1, -0.05) is 65.9 Å². The number of ether oxygens (including phenoxy) is 1. The van der Waals surface area contributed by atoms with Crippen LogP contribution in [-0.4, -0.2) is 10.2 Å². The SMILES string of the molecule is O=C1NC(=S)S/C1=C/c1ccc(OCc2ccccc2Cl)cc1. The Kier molecular flexibility index (Phi) is 5.00. The Balaban J connectivity index is 1.66. The second-order valence-corrected chi connectivity index (χ2v) is 6.93. The van der Waals surface area contributed by atoms with E-state index < -0.39 is 0 Å². The third-order valence-corrected chi connectivity index (χ3v) is 4.70. The van der Waals surface area contributed by atoms with Crippen molar-refractivity contribution in [3.05, 3.63) is 69.6 Å². The maximum atomic E-state index is 11.6. The Hall–Kier alpha value is -1.82. The van der Waals surface area contributed by atoms with Gasteiger partial charge in [0.1, 0.15) is 16.7 Å². The molecule has 1 fully saturated rings. The van der Waals surface area contributed by atoms with Crippen LogP contribution < -0.4 is 10.1 Å². The van der Waals surface area contributed by atoms with Crippen molar-refractivity contribution >= 4 is 51.9 Å². The summed E-state index contributed by atoms with van der Waals surface area (Å²) in [7, 11) is 0. The highest BCUT2D eigenvalue weighted by Gasteiger charge is 2.21. The van der Waals surface area contributed by atoms with Crippen LogP contribution in [0.2, 0.25) is 5.02 Å². The van der Waals surface area contributed by atoms with Gasteiger partial charge in [0.05, 0.1) is 4.91 Å². The summed E-state index contributed by atoms with van der Waals surface area (Å²) >= 11 is 12.3. The number of hydrogen-bond donors (Lipinski definition) is 1. The second kappa shape index (κ2) is 7.17. The van der Waals surface area contributed by atoms with Crippen LogP contribution in [0.5, 0.6) is 5.75 Å². The summed E-state index contributed by atoms with van der Waals surface area (Å²) < 4.78 is 6.21. The lowest BCUT2D eigenvalue weighted by Crippen LogP contribution is -2.17. The maximum Gasteiger partial charge on any atom is 0.263 e. The molecule has 0 atom stereocenters. The molecule has 0 aromatic heterocycles. The number of halogens is 1. The number of hydrogen-bond acceptors (Lipinski definition) is 4. The number of carbonyl (C=O) groups excluding carboxylic acids is 1. The average molecular weight is 362 g/mol. The first-order chi connectivity index (χ1) is 11.1. The van der Waals surface area contributed by atoms with E-state index in [0.29, 0.717) is 20.9 Å². The van der Waals surface area contributed by atoms with E-state index in [4.69, 9.17) is 28.6 Å². The molecule has 2 aromatic carbocycles. The standard InChI is InChI=1S/C17H12ClNO2S2/c18-14-4-2-1-3-12(14)10-21-13-7-5-11(6-8-13)9-15-16(20)19-17(22)23-15/h1-9H,10H2,(H,19,20,22)/b15-9+. The predicted molar refractivity (Wildman–Crippen MR) is 98.5 cm³/mol. The topological polar surface area (TPSA) is 38.3 Å². The molecule has 0 bridgehead atoms. The molecule has 0 unspecified atom stereocenters. The summed E-state index contributed by atoms with van der Waals surface area (Å²) in [5, 5.41) is 3.28. The number of carbonyl (C=O) groups is 1. The van der Waals surface area contributed by atoms with Crippen LogP contribution in [0, 0.1) is 0 Å². The fourth-order valence-corrected chi connectivity index (χ4v) is 3.24. The zero-order valence-electron chi connectivity index (χ0n) is 11.9. The summed E-state index contributed by atoms with van der Waals surface area (Å²) in [6.07, 6.45) is 1.80. The monoisotopic (exact) mass is 361 g/mol. The van der Waals surface area contributed by atoms with Gasteiger partial charge in [0.25, 0.3) is 5.91 Å². The second-order valence-electron chi connectivity index (χ2n) is 4.80. The molecular weight excluding hydrogens is 350 g/mol. The summed E-state index contributed by atoms with van der Waals surface area (Å²) in [6.45, 7) is 0.409. The smallest absolute Gasteiger partial charge is 0.263 e. The van der Waals surface area contributed by atoms with Crippen molar-refractivity contribution in [1.29, 1.82) is 0 Å². The lowest BCUT2D eigenvalue weighted by molar-refractivity contribution is -0.115. The lowest BCUT2D eigenvalue weighted by atomic mass is 10.2. The third-order valence-electron chi connectivity index (χ3n) is 3.17. The fourth-order valence-electron chi connectivity index (χ4n) is 2.01. The molecule has 6 heteroatoms. The largest absolute Gasteiger partial charge is 0.489 e. The number of nitrogens with one attached hydrogen (secondary N) is 1. The van der Waals surface area contributed by atoms with Crippen molar-refractivity contribution in [2.45, 2.75) is 6.61 Å². The van der Waals surface area contributed by atoms with Crippen LogP contribution in [0.4, 0.5) is 0 Å². The molecule has 1 aliphatic heterocycles. The van der Waals surface area contributed by atoms with E-state index in [1.54, 1.807) is 6.08 Å². The number of amides is 1. The number of thiocarbonyl (C=S) groups is 1. The van der Waals surface area contributed by atoms with Gasteiger partial charge in [0, 0.05) is 10.6 Å². The molecule has 3 rings (SSSR count). The quantitative estimate of drug-likeness (QED) is 0.646. The summed E-state index contributed by atoms with van der Waals surface area (Å²) in [5.41, 5.74) is 1.85. The van der Waals surface area contributed by atoms with Crippen molar-refractivity contribution in [2.75, 3.05) is 0 Å². The van der Waals surface area contributed by atoms with Gasteiger partial charge in [-0.05, 0) is 29.8 Å². The van der Waals surface area contributed by atoms with E-state index >= 15 is 0 Å². The van der Waals surface area contributed by atoms with Crippen LogP contribution >= 0.6 is 35.6 Å².